The number of hydrogen-bond acceptors (Lipinski definition) is 5. The molecule has 2 aliphatic heterocycles. The molecule has 0 amide bonds. The predicted octanol–water partition coefficient (Wildman–Crippen LogP) is 1.59. The molecule has 5 heteroatoms. The number of ether oxygens (including phenoxy) is 3. The topological polar surface area (TPSA) is 43.0 Å². The highest BCUT2D eigenvalue weighted by molar-refractivity contribution is 5.55. The Hall–Kier alpha value is -1.46. The highest BCUT2D eigenvalue weighted by Crippen LogP contribution is 2.32. The van der Waals surface area contributed by atoms with E-state index in [-0.39, 0.29) is 6.10 Å². The fourth-order valence-corrected chi connectivity index (χ4v) is 2.58. The average molecular weight is 278 g/mol. The van der Waals surface area contributed by atoms with Gasteiger partial charge in [0.1, 0.15) is 13.2 Å². The van der Waals surface area contributed by atoms with E-state index in [2.05, 4.69) is 17.1 Å². The maximum Gasteiger partial charge on any atom is 0.163 e. The van der Waals surface area contributed by atoms with E-state index in [4.69, 9.17) is 14.2 Å². The maximum absolute atomic E-state index is 5.78. The van der Waals surface area contributed by atoms with Gasteiger partial charge < -0.3 is 19.5 Å². The molecule has 0 spiro atoms. The molecule has 2 heterocycles. The highest BCUT2D eigenvalue weighted by atomic mass is 16.6. The summed E-state index contributed by atoms with van der Waals surface area (Å²) < 4.78 is 16.9. The summed E-state index contributed by atoms with van der Waals surface area (Å²) in [5, 5.41) is 3.42. The number of nitrogens with zero attached hydrogens (tertiary/aromatic N) is 1. The molecule has 1 aromatic carbocycles. The van der Waals surface area contributed by atoms with Crippen molar-refractivity contribution in [3.8, 4) is 11.5 Å². The summed E-state index contributed by atoms with van der Waals surface area (Å²) in [5.41, 5.74) is 1.05. The SMILES string of the molecule is CCN1CCOC(CNc2ccc3c(c2)OCCO3)C1. The quantitative estimate of drug-likeness (QED) is 0.906. The van der Waals surface area contributed by atoms with Crippen LogP contribution in [-0.4, -0.2) is 57.0 Å². The molecule has 0 saturated carbocycles. The molecule has 20 heavy (non-hydrogen) atoms. The summed E-state index contributed by atoms with van der Waals surface area (Å²) >= 11 is 0. The smallest absolute Gasteiger partial charge is 0.163 e. The van der Waals surface area contributed by atoms with Crippen molar-refractivity contribution in [3.63, 3.8) is 0 Å². The van der Waals surface area contributed by atoms with Crippen LogP contribution in [0.1, 0.15) is 6.92 Å². The summed E-state index contributed by atoms with van der Waals surface area (Å²) in [6, 6.07) is 5.97. The van der Waals surface area contributed by atoms with Gasteiger partial charge in [0.05, 0.1) is 12.7 Å². The Morgan fingerprint density at radius 2 is 2.05 bits per heavy atom. The van der Waals surface area contributed by atoms with Crippen LogP contribution in [-0.2, 0) is 4.74 Å². The normalized spacial score (nSPS) is 22.6. The third-order valence-electron chi connectivity index (χ3n) is 3.75. The Morgan fingerprint density at radius 3 is 2.90 bits per heavy atom. The molecule has 1 fully saturated rings. The van der Waals surface area contributed by atoms with Crippen molar-refractivity contribution in [1.82, 2.24) is 4.90 Å². The summed E-state index contributed by atoms with van der Waals surface area (Å²) in [7, 11) is 0. The minimum atomic E-state index is 0.247. The van der Waals surface area contributed by atoms with E-state index in [0.717, 1.165) is 50.0 Å². The number of rotatable bonds is 4. The van der Waals surface area contributed by atoms with Gasteiger partial charge in [0.25, 0.3) is 0 Å². The van der Waals surface area contributed by atoms with E-state index in [1.807, 2.05) is 18.2 Å². The molecule has 1 unspecified atom stereocenters. The zero-order valence-electron chi connectivity index (χ0n) is 11.9. The molecular formula is C15H22N2O3. The maximum atomic E-state index is 5.78. The minimum absolute atomic E-state index is 0.247. The Morgan fingerprint density at radius 1 is 1.20 bits per heavy atom. The Balaban J connectivity index is 1.55. The third kappa shape index (κ3) is 3.16. The molecule has 1 atom stereocenters. The van der Waals surface area contributed by atoms with Crippen LogP contribution in [0.2, 0.25) is 0 Å². The molecule has 0 aliphatic carbocycles. The Kier molecular flexibility index (Phi) is 4.28. The van der Waals surface area contributed by atoms with Crippen molar-refractivity contribution in [3.05, 3.63) is 18.2 Å². The molecule has 0 bridgehead atoms. The van der Waals surface area contributed by atoms with Crippen LogP contribution < -0.4 is 14.8 Å². The number of benzene rings is 1. The van der Waals surface area contributed by atoms with Crippen molar-refractivity contribution in [1.29, 1.82) is 0 Å². The number of hydrogen-bond donors (Lipinski definition) is 1. The van der Waals surface area contributed by atoms with Gasteiger partial charge in [-0.1, -0.05) is 6.92 Å². The summed E-state index contributed by atoms with van der Waals surface area (Å²) in [6.45, 7) is 8.19. The van der Waals surface area contributed by atoms with Gasteiger partial charge in [-0.15, -0.1) is 0 Å². The fourth-order valence-electron chi connectivity index (χ4n) is 2.58. The Bertz CT molecular complexity index is 453. The van der Waals surface area contributed by atoms with E-state index in [0.29, 0.717) is 13.2 Å². The number of fused-ring (bicyclic) bond motifs is 1. The predicted molar refractivity (Wildman–Crippen MR) is 77.8 cm³/mol. The summed E-state index contributed by atoms with van der Waals surface area (Å²) in [6.07, 6.45) is 0.247. The van der Waals surface area contributed by atoms with Crippen LogP contribution in [0, 0.1) is 0 Å². The zero-order valence-corrected chi connectivity index (χ0v) is 11.9. The van der Waals surface area contributed by atoms with Crippen LogP contribution in [0.15, 0.2) is 18.2 Å². The Labute approximate surface area is 119 Å². The molecule has 110 valence electrons. The standard InChI is InChI=1S/C15H22N2O3/c1-2-17-5-6-18-13(11-17)10-16-12-3-4-14-15(9-12)20-8-7-19-14/h3-4,9,13,16H,2,5-8,10-11H2,1H3. The van der Waals surface area contributed by atoms with Crippen molar-refractivity contribution in [2.24, 2.45) is 0 Å². The lowest BCUT2D eigenvalue weighted by Gasteiger charge is -2.32. The first kappa shape index (κ1) is 13.5. The van der Waals surface area contributed by atoms with Gasteiger partial charge in [-0.3, -0.25) is 4.90 Å². The molecule has 5 nitrogen and oxygen atoms in total. The third-order valence-corrected chi connectivity index (χ3v) is 3.75. The van der Waals surface area contributed by atoms with Crippen molar-refractivity contribution in [2.75, 3.05) is 51.3 Å². The second kappa shape index (κ2) is 6.33. The van der Waals surface area contributed by atoms with E-state index in [1.165, 1.54) is 0 Å². The van der Waals surface area contributed by atoms with Crippen LogP contribution in [0.3, 0.4) is 0 Å². The average Bonchev–Trinajstić information content (AvgIpc) is 2.53. The van der Waals surface area contributed by atoms with Gasteiger partial charge in [0.2, 0.25) is 0 Å². The molecule has 0 radical (unpaired) electrons. The zero-order chi connectivity index (χ0) is 13.8. The van der Waals surface area contributed by atoms with E-state index in [9.17, 15) is 0 Å². The van der Waals surface area contributed by atoms with Crippen LogP contribution in [0.4, 0.5) is 5.69 Å². The van der Waals surface area contributed by atoms with E-state index >= 15 is 0 Å². The first-order valence-electron chi connectivity index (χ1n) is 7.32. The fraction of sp³-hybridized carbons (Fsp3) is 0.600. The molecule has 1 aromatic rings. The van der Waals surface area contributed by atoms with Gasteiger partial charge in [-0.2, -0.15) is 0 Å². The lowest BCUT2D eigenvalue weighted by molar-refractivity contribution is -0.0191. The van der Waals surface area contributed by atoms with Crippen molar-refractivity contribution in [2.45, 2.75) is 13.0 Å². The minimum Gasteiger partial charge on any atom is -0.486 e. The van der Waals surface area contributed by atoms with Crippen LogP contribution in [0.5, 0.6) is 11.5 Å². The lowest BCUT2D eigenvalue weighted by atomic mass is 10.2. The van der Waals surface area contributed by atoms with Crippen LogP contribution in [0.25, 0.3) is 0 Å². The summed E-state index contributed by atoms with van der Waals surface area (Å²) in [5.74, 6) is 1.65. The summed E-state index contributed by atoms with van der Waals surface area (Å²) in [4.78, 5) is 2.42. The van der Waals surface area contributed by atoms with Gasteiger partial charge >= 0.3 is 0 Å². The van der Waals surface area contributed by atoms with Gasteiger partial charge in [-0.05, 0) is 18.7 Å². The van der Waals surface area contributed by atoms with Gasteiger partial charge in [0.15, 0.2) is 11.5 Å². The molecular weight excluding hydrogens is 256 g/mol. The highest BCUT2D eigenvalue weighted by Gasteiger charge is 2.19. The van der Waals surface area contributed by atoms with Crippen molar-refractivity contribution >= 4 is 5.69 Å². The molecule has 1 saturated heterocycles. The largest absolute Gasteiger partial charge is 0.486 e. The monoisotopic (exact) mass is 278 g/mol. The van der Waals surface area contributed by atoms with Gasteiger partial charge in [-0.25, -0.2) is 0 Å². The van der Waals surface area contributed by atoms with Crippen LogP contribution >= 0.6 is 0 Å². The molecule has 2 aliphatic rings. The molecule has 1 N–H and O–H groups in total. The second-order valence-corrected chi connectivity index (χ2v) is 5.13. The number of anilines is 1. The number of nitrogens with one attached hydrogen (secondary N) is 1. The number of morpholine rings is 1. The molecule has 3 rings (SSSR count). The first-order valence-corrected chi connectivity index (χ1v) is 7.32. The first-order chi connectivity index (χ1) is 9.85. The molecule has 0 aromatic heterocycles. The van der Waals surface area contributed by atoms with E-state index < -0.39 is 0 Å². The van der Waals surface area contributed by atoms with E-state index in [1.54, 1.807) is 0 Å². The van der Waals surface area contributed by atoms with Gasteiger partial charge in [0, 0.05) is 31.4 Å². The lowest BCUT2D eigenvalue weighted by Crippen LogP contribution is -2.45. The number of likely N-dealkylation sites (N-methyl/N-ethyl adjacent to an activating group) is 1. The van der Waals surface area contributed by atoms with Crippen molar-refractivity contribution < 1.29 is 14.2 Å². The second-order valence-electron chi connectivity index (χ2n) is 5.13.